The van der Waals surface area contributed by atoms with Gasteiger partial charge >= 0.3 is 5.97 Å². The highest BCUT2D eigenvalue weighted by Gasteiger charge is 2.23. The van der Waals surface area contributed by atoms with Gasteiger partial charge in [0.25, 0.3) is 10.1 Å². The molecule has 1 aromatic carbocycles. The minimum atomic E-state index is -4.79. The summed E-state index contributed by atoms with van der Waals surface area (Å²) in [7, 11) is -4.79. The maximum atomic E-state index is 13.1. The molecule has 2 N–H and O–H groups in total. The number of rotatable bonds is 3. The Kier molecular flexibility index (Phi) is 3.24. The van der Waals surface area contributed by atoms with Crippen LogP contribution in [0.1, 0.15) is 5.56 Å². The molecular formula is C8H6F2O5S. The molecule has 5 nitrogen and oxygen atoms in total. The monoisotopic (exact) mass is 252 g/mol. The molecule has 0 radical (unpaired) electrons. The van der Waals surface area contributed by atoms with Crippen LogP contribution in [-0.4, -0.2) is 24.0 Å². The topological polar surface area (TPSA) is 91.7 Å². The lowest BCUT2D eigenvalue weighted by atomic mass is 10.1. The van der Waals surface area contributed by atoms with E-state index in [-0.39, 0.29) is 0 Å². The molecule has 0 heterocycles. The number of hydrogen-bond acceptors (Lipinski definition) is 3. The summed E-state index contributed by atoms with van der Waals surface area (Å²) < 4.78 is 56.1. The summed E-state index contributed by atoms with van der Waals surface area (Å²) >= 11 is 0. The Morgan fingerprint density at radius 2 is 1.88 bits per heavy atom. The summed E-state index contributed by atoms with van der Waals surface area (Å²) in [5.41, 5.74) is -0.907. The summed E-state index contributed by atoms with van der Waals surface area (Å²) in [6.45, 7) is 0. The lowest BCUT2D eigenvalue weighted by molar-refractivity contribution is -0.136. The Bertz CT molecular complexity index is 538. The van der Waals surface area contributed by atoms with E-state index in [1.165, 1.54) is 0 Å². The SMILES string of the molecule is O=C(O)Cc1c(S(=O)(=O)O)ccc(F)c1F. The van der Waals surface area contributed by atoms with Gasteiger partial charge in [0.05, 0.1) is 6.42 Å². The van der Waals surface area contributed by atoms with Crippen LogP contribution in [0.4, 0.5) is 8.78 Å². The van der Waals surface area contributed by atoms with E-state index in [0.29, 0.717) is 12.1 Å². The normalized spacial score (nSPS) is 11.4. The lowest BCUT2D eigenvalue weighted by Crippen LogP contribution is -2.11. The van der Waals surface area contributed by atoms with Crippen LogP contribution < -0.4 is 0 Å². The third-order valence-corrected chi connectivity index (χ3v) is 2.70. The molecule has 0 amide bonds. The largest absolute Gasteiger partial charge is 0.481 e. The van der Waals surface area contributed by atoms with Gasteiger partial charge in [-0.25, -0.2) is 8.78 Å². The van der Waals surface area contributed by atoms with Gasteiger partial charge in [0.15, 0.2) is 11.6 Å². The second-order valence-corrected chi connectivity index (χ2v) is 4.27. The lowest BCUT2D eigenvalue weighted by Gasteiger charge is -2.06. The van der Waals surface area contributed by atoms with Crippen molar-refractivity contribution in [2.24, 2.45) is 0 Å². The fraction of sp³-hybridized carbons (Fsp3) is 0.125. The number of hydrogen-bond donors (Lipinski definition) is 2. The van der Waals surface area contributed by atoms with Crippen LogP contribution in [0.25, 0.3) is 0 Å². The Hall–Kier alpha value is -1.54. The Morgan fingerprint density at radius 3 is 2.31 bits per heavy atom. The van der Waals surface area contributed by atoms with Gasteiger partial charge in [0, 0.05) is 5.56 Å². The summed E-state index contributed by atoms with van der Waals surface area (Å²) in [6, 6.07) is 1.09. The minimum Gasteiger partial charge on any atom is -0.481 e. The maximum Gasteiger partial charge on any atom is 0.307 e. The number of benzene rings is 1. The van der Waals surface area contributed by atoms with E-state index >= 15 is 0 Å². The van der Waals surface area contributed by atoms with E-state index < -0.39 is 44.6 Å². The number of carboxylic acid groups (broad SMARTS) is 1. The minimum absolute atomic E-state index is 0.490. The van der Waals surface area contributed by atoms with E-state index in [1.807, 2.05) is 0 Å². The van der Waals surface area contributed by atoms with Crippen LogP contribution in [0.5, 0.6) is 0 Å². The van der Waals surface area contributed by atoms with Crippen LogP contribution in [0.15, 0.2) is 17.0 Å². The fourth-order valence-corrected chi connectivity index (χ4v) is 1.85. The molecule has 0 aromatic heterocycles. The van der Waals surface area contributed by atoms with E-state index in [9.17, 15) is 22.0 Å². The van der Waals surface area contributed by atoms with Crippen LogP contribution in [0, 0.1) is 11.6 Å². The van der Waals surface area contributed by atoms with E-state index in [2.05, 4.69) is 0 Å². The van der Waals surface area contributed by atoms with Crippen molar-refractivity contribution in [1.82, 2.24) is 0 Å². The number of halogens is 2. The standard InChI is InChI=1S/C8H6F2O5S/c9-5-1-2-6(16(13,14)15)4(8(5)10)3-7(11)12/h1-2H,3H2,(H,11,12)(H,13,14,15). The molecule has 0 bridgehead atoms. The molecule has 0 spiro atoms. The van der Waals surface area contributed by atoms with Crippen molar-refractivity contribution >= 4 is 16.1 Å². The summed E-state index contributed by atoms with van der Waals surface area (Å²) in [5, 5.41) is 8.41. The van der Waals surface area contributed by atoms with E-state index in [0.717, 1.165) is 0 Å². The van der Waals surface area contributed by atoms with Gasteiger partial charge in [-0.3, -0.25) is 9.35 Å². The molecule has 0 aliphatic carbocycles. The van der Waals surface area contributed by atoms with Crippen molar-refractivity contribution in [1.29, 1.82) is 0 Å². The number of carbonyl (C=O) groups is 1. The molecule has 1 rings (SSSR count). The van der Waals surface area contributed by atoms with Crippen molar-refractivity contribution < 1.29 is 31.7 Å². The molecular weight excluding hydrogens is 246 g/mol. The Labute approximate surface area is 89.1 Å². The molecule has 0 fully saturated rings. The third kappa shape index (κ3) is 2.52. The van der Waals surface area contributed by atoms with Crippen molar-refractivity contribution in [2.75, 3.05) is 0 Å². The zero-order chi connectivity index (χ0) is 12.5. The predicted octanol–water partition coefficient (Wildman–Crippen LogP) is 0.839. The molecule has 0 aliphatic heterocycles. The first-order chi connectivity index (χ1) is 7.23. The van der Waals surface area contributed by atoms with Crippen LogP contribution in [0.3, 0.4) is 0 Å². The van der Waals surface area contributed by atoms with Gasteiger partial charge in [0.2, 0.25) is 0 Å². The highest BCUT2D eigenvalue weighted by Crippen LogP contribution is 2.21. The number of carboxylic acids is 1. The van der Waals surface area contributed by atoms with Crippen molar-refractivity contribution in [2.45, 2.75) is 11.3 Å². The van der Waals surface area contributed by atoms with Gasteiger partial charge in [-0.2, -0.15) is 8.42 Å². The molecule has 0 saturated heterocycles. The smallest absolute Gasteiger partial charge is 0.307 e. The molecule has 0 aliphatic rings. The maximum absolute atomic E-state index is 13.1. The second-order valence-electron chi connectivity index (χ2n) is 2.88. The first kappa shape index (κ1) is 12.5. The summed E-state index contributed by atoms with van der Waals surface area (Å²) in [4.78, 5) is 9.40. The molecule has 0 saturated carbocycles. The fourth-order valence-electron chi connectivity index (χ4n) is 1.13. The first-order valence-corrected chi connectivity index (χ1v) is 5.33. The van der Waals surface area contributed by atoms with Gasteiger partial charge in [-0.15, -0.1) is 0 Å². The average Bonchev–Trinajstić information content (AvgIpc) is 2.10. The van der Waals surface area contributed by atoms with E-state index in [1.54, 1.807) is 0 Å². The molecule has 0 unspecified atom stereocenters. The predicted molar refractivity (Wildman–Crippen MR) is 47.5 cm³/mol. The molecule has 1 aromatic rings. The van der Waals surface area contributed by atoms with Crippen molar-refractivity contribution in [3.63, 3.8) is 0 Å². The zero-order valence-corrected chi connectivity index (χ0v) is 8.46. The van der Waals surface area contributed by atoms with Crippen LogP contribution >= 0.6 is 0 Å². The quantitative estimate of drug-likeness (QED) is 0.778. The molecule has 0 atom stereocenters. The van der Waals surface area contributed by atoms with Gasteiger partial charge in [0.1, 0.15) is 4.90 Å². The molecule has 8 heteroatoms. The van der Waals surface area contributed by atoms with Crippen molar-refractivity contribution in [3.8, 4) is 0 Å². The highest BCUT2D eigenvalue weighted by molar-refractivity contribution is 7.85. The molecule has 16 heavy (non-hydrogen) atoms. The Morgan fingerprint density at radius 1 is 1.31 bits per heavy atom. The average molecular weight is 252 g/mol. The second kappa shape index (κ2) is 4.14. The van der Waals surface area contributed by atoms with Gasteiger partial charge in [-0.05, 0) is 12.1 Å². The van der Waals surface area contributed by atoms with Crippen LogP contribution in [0.2, 0.25) is 0 Å². The van der Waals surface area contributed by atoms with Crippen LogP contribution in [-0.2, 0) is 21.3 Å². The number of aliphatic carboxylic acids is 1. The summed E-state index contributed by atoms with van der Waals surface area (Å²) in [6.07, 6.45) is -1.04. The first-order valence-electron chi connectivity index (χ1n) is 3.89. The molecule has 88 valence electrons. The zero-order valence-electron chi connectivity index (χ0n) is 7.65. The van der Waals surface area contributed by atoms with Gasteiger partial charge < -0.3 is 5.11 Å². The highest BCUT2D eigenvalue weighted by atomic mass is 32.2. The summed E-state index contributed by atoms with van der Waals surface area (Å²) in [5.74, 6) is -4.53. The van der Waals surface area contributed by atoms with Crippen molar-refractivity contribution in [3.05, 3.63) is 29.3 Å². The Balaban J connectivity index is 3.51. The van der Waals surface area contributed by atoms with E-state index in [4.69, 9.17) is 9.66 Å². The third-order valence-electron chi connectivity index (χ3n) is 1.76. The van der Waals surface area contributed by atoms with Gasteiger partial charge in [-0.1, -0.05) is 0 Å².